The quantitative estimate of drug-likeness (QED) is 0.262. The molecule has 1 saturated heterocycles. The summed E-state index contributed by atoms with van der Waals surface area (Å²) in [4.78, 5) is 1.28. The Morgan fingerprint density at radius 1 is 1.53 bits per heavy atom. The summed E-state index contributed by atoms with van der Waals surface area (Å²) in [6, 6.07) is 0. The maximum absolute atomic E-state index is 12.4. The molecule has 0 aromatic carbocycles. The second kappa shape index (κ2) is 3.86. The van der Waals surface area contributed by atoms with Crippen LogP contribution in [0.25, 0.3) is 0 Å². The zero-order chi connectivity index (χ0) is 11.7. The predicted molar refractivity (Wildman–Crippen MR) is 45.5 cm³/mol. The smallest absolute Gasteiger partial charge is 0.409 e. The SMILES string of the molecule is NC(CN1CC[C@@](O)(C(F)(F)F)C1)=NO. The van der Waals surface area contributed by atoms with Crippen LogP contribution in [-0.2, 0) is 0 Å². The Kier molecular flexibility index (Phi) is 3.10. The first-order valence-corrected chi connectivity index (χ1v) is 4.26. The predicted octanol–water partition coefficient (Wildman–Crippen LogP) is -0.268. The van der Waals surface area contributed by atoms with E-state index in [1.165, 1.54) is 4.90 Å². The summed E-state index contributed by atoms with van der Waals surface area (Å²) >= 11 is 0. The Morgan fingerprint density at radius 3 is 2.53 bits per heavy atom. The fourth-order valence-corrected chi connectivity index (χ4v) is 1.50. The fourth-order valence-electron chi connectivity index (χ4n) is 1.50. The number of halogens is 3. The molecule has 0 saturated carbocycles. The van der Waals surface area contributed by atoms with Gasteiger partial charge in [-0.1, -0.05) is 5.16 Å². The average molecular weight is 227 g/mol. The van der Waals surface area contributed by atoms with Crippen LogP contribution in [0.4, 0.5) is 13.2 Å². The molecular weight excluding hydrogens is 215 g/mol. The number of aliphatic hydroxyl groups is 1. The van der Waals surface area contributed by atoms with Crippen LogP contribution in [0.3, 0.4) is 0 Å². The van der Waals surface area contributed by atoms with Crippen molar-refractivity contribution in [2.24, 2.45) is 10.9 Å². The summed E-state index contributed by atoms with van der Waals surface area (Å²) in [5.74, 6) is -0.179. The number of hydrogen-bond donors (Lipinski definition) is 3. The third-order valence-electron chi connectivity index (χ3n) is 2.37. The van der Waals surface area contributed by atoms with Gasteiger partial charge in [0.15, 0.2) is 11.4 Å². The van der Waals surface area contributed by atoms with Crippen molar-refractivity contribution < 1.29 is 23.5 Å². The number of rotatable bonds is 2. The van der Waals surface area contributed by atoms with Crippen LogP contribution in [0.15, 0.2) is 5.16 Å². The minimum Gasteiger partial charge on any atom is -0.409 e. The van der Waals surface area contributed by atoms with E-state index in [2.05, 4.69) is 5.16 Å². The van der Waals surface area contributed by atoms with Gasteiger partial charge in [0.05, 0.1) is 6.54 Å². The number of amidine groups is 1. The van der Waals surface area contributed by atoms with Crippen LogP contribution in [0.1, 0.15) is 6.42 Å². The molecule has 1 fully saturated rings. The molecule has 0 bridgehead atoms. The molecule has 0 radical (unpaired) electrons. The maximum Gasteiger partial charge on any atom is 0.418 e. The van der Waals surface area contributed by atoms with E-state index in [1.807, 2.05) is 0 Å². The van der Waals surface area contributed by atoms with Crippen molar-refractivity contribution in [1.82, 2.24) is 4.90 Å². The molecule has 0 amide bonds. The van der Waals surface area contributed by atoms with Crippen LogP contribution in [0.5, 0.6) is 0 Å². The molecule has 5 nitrogen and oxygen atoms in total. The maximum atomic E-state index is 12.4. The minimum absolute atomic E-state index is 0.0617. The Labute approximate surface area is 84.0 Å². The number of nitrogens with zero attached hydrogens (tertiary/aromatic N) is 2. The van der Waals surface area contributed by atoms with Crippen molar-refractivity contribution in [3.05, 3.63) is 0 Å². The van der Waals surface area contributed by atoms with Crippen LogP contribution in [0.2, 0.25) is 0 Å². The number of oxime groups is 1. The van der Waals surface area contributed by atoms with Crippen molar-refractivity contribution in [1.29, 1.82) is 0 Å². The topological polar surface area (TPSA) is 82.1 Å². The molecule has 0 aliphatic carbocycles. The van der Waals surface area contributed by atoms with Gasteiger partial charge in [0, 0.05) is 13.1 Å². The van der Waals surface area contributed by atoms with Gasteiger partial charge in [-0.2, -0.15) is 13.2 Å². The fraction of sp³-hybridized carbons (Fsp3) is 0.857. The van der Waals surface area contributed by atoms with Crippen molar-refractivity contribution >= 4 is 5.84 Å². The van der Waals surface area contributed by atoms with E-state index in [1.54, 1.807) is 0 Å². The average Bonchev–Trinajstić information content (AvgIpc) is 2.47. The monoisotopic (exact) mass is 227 g/mol. The number of likely N-dealkylation sites (tertiary alicyclic amines) is 1. The summed E-state index contributed by atoms with van der Waals surface area (Å²) in [6.45, 7) is -0.576. The van der Waals surface area contributed by atoms with E-state index in [0.29, 0.717) is 0 Å². The normalized spacial score (nSPS) is 29.7. The van der Waals surface area contributed by atoms with E-state index in [4.69, 9.17) is 10.9 Å². The van der Waals surface area contributed by atoms with Gasteiger partial charge in [0.25, 0.3) is 0 Å². The number of hydrogen-bond acceptors (Lipinski definition) is 4. The summed E-state index contributed by atoms with van der Waals surface area (Å²) in [5, 5.41) is 20.2. The Balaban J connectivity index is 2.59. The third kappa shape index (κ3) is 2.51. The molecule has 4 N–H and O–H groups in total. The van der Waals surface area contributed by atoms with Crippen LogP contribution < -0.4 is 5.73 Å². The Bertz CT molecular complexity index is 269. The van der Waals surface area contributed by atoms with Crippen molar-refractivity contribution in [3.63, 3.8) is 0 Å². The van der Waals surface area contributed by atoms with Gasteiger partial charge in [0.1, 0.15) is 0 Å². The van der Waals surface area contributed by atoms with Gasteiger partial charge in [-0.25, -0.2) is 0 Å². The number of alkyl halides is 3. The molecule has 1 aliphatic rings. The van der Waals surface area contributed by atoms with Crippen LogP contribution in [-0.4, -0.2) is 52.5 Å². The van der Waals surface area contributed by atoms with Crippen LogP contribution >= 0.6 is 0 Å². The summed E-state index contributed by atoms with van der Waals surface area (Å²) < 4.78 is 37.1. The highest BCUT2D eigenvalue weighted by Crippen LogP contribution is 2.37. The highest BCUT2D eigenvalue weighted by atomic mass is 19.4. The van der Waals surface area contributed by atoms with Gasteiger partial charge >= 0.3 is 6.18 Å². The molecule has 88 valence electrons. The largest absolute Gasteiger partial charge is 0.418 e. The highest BCUT2D eigenvalue weighted by Gasteiger charge is 2.56. The second-order valence-corrected chi connectivity index (χ2v) is 3.58. The van der Waals surface area contributed by atoms with E-state index in [9.17, 15) is 18.3 Å². The van der Waals surface area contributed by atoms with Gasteiger partial charge in [-0.15, -0.1) is 0 Å². The molecule has 0 spiro atoms. The molecule has 15 heavy (non-hydrogen) atoms. The van der Waals surface area contributed by atoms with E-state index in [-0.39, 0.29) is 18.9 Å². The molecule has 1 atom stereocenters. The molecule has 8 heteroatoms. The zero-order valence-corrected chi connectivity index (χ0v) is 7.83. The summed E-state index contributed by atoms with van der Waals surface area (Å²) in [6.07, 6.45) is -5.04. The molecule has 1 heterocycles. The summed E-state index contributed by atoms with van der Waals surface area (Å²) in [5.41, 5.74) is 2.47. The first-order valence-electron chi connectivity index (χ1n) is 4.26. The zero-order valence-electron chi connectivity index (χ0n) is 7.83. The van der Waals surface area contributed by atoms with Crippen LogP contribution in [0, 0.1) is 0 Å². The summed E-state index contributed by atoms with van der Waals surface area (Å²) in [7, 11) is 0. The van der Waals surface area contributed by atoms with Crippen molar-refractivity contribution in [3.8, 4) is 0 Å². The molecule has 1 rings (SSSR count). The van der Waals surface area contributed by atoms with Gasteiger partial charge < -0.3 is 16.0 Å². The number of nitrogens with two attached hydrogens (primary N) is 1. The lowest BCUT2D eigenvalue weighted by molar-refractivity contribution is -0.253. The molecule has 0 aromatic heterocycles. The molecule has 0 aromatic rings. The second-order valence-electron chi connectivity index (χ2n) is 3.58. The van der Waals surface area contributed by atoms with Crippen molar-refractivity contribution in [2.45, 2.75) is 18.2 Å². The van der Waals surface area contributed by atoms with Gasteiger partial charge in [-0.05, 0) is 6.42 Å². The number of β-amino-alcohol motifs (C(OH)–C–C–N with tert-alkyl or cyclic N) is 1. The molecular formula is C7H12F3N3O2. The Hall–Kier alpha value is -1.02. The lowest BCUT2D eigenvalue weighted by atomic mass is 10.0. The first kappa shape index (κ1) is 12.1. The standard InChI is InChI=1S/C7H12F3N3O2/c8-7(9,10)6(14)1-2-13(4-6)3-5(11)12-15/h14-15H,1-4H2,(H2,11,12)/t6-/m0/s1. The first-order chi connectivity index (χ1) is 6.78. The lowest BCUT2D eigenvalue weighted by Crippen LogP contribution is -2.48. The minimum atomic E-state index is -4.65. The molecule has 1 aliphatic heterocycles. The lowest BCUT2D eigenvalue weighted by Gasteiger charge is -2.25. The van der Waals surface area contributed by atoms with Gasteiger partial charge in [0.2, 0.25) is 0 Å². The Morgan fingerprint density at radius 2 is 2.13 bits per heavy atom. The molecule has 0 unspecified atom stereocenters. The van der Waals surface area contributed by atoms with Gasteiger partial charge in [-0.3, -0.25) is 4.90 Å². The van der Waals surface area contributed by atoms with E-state index < -0.39 is 24.7 Å². The van der Waals surface area contributed by atoms with E-state index in [0.717, 1.165) is 0 Å². The third-order valence-corrected chi connectivity index (χ3v) is 2.37. The van der Waals surface area contributed by atoms with E-state index >= 15 is 0 Å². The van der Waals surface area contributed by atoms with Crippen molar-refractivity contribution in [2.75, 3.05) is 19.6 Å². The highest BCUT2D eigenvalue weighted by molar-refractivity contribution is 5.81.